The summed E-state index contributed by atoms with van der Waals surface area (Å²) >= 11 is 5.00. The molecule has 1 atom stereocenters. The van der Waals surface area contributed by atoms with E-state index in [0.717, 1.165) is 24.3 Å². The number of thiocarbonyl (C=S) groups is 1. The maximum absolute atomic E-state index is 5.66. The number of nitrogens with zero attached hydrogens (tertiary/aromatic N) is 2. The molecule has 0 saturated carbocycles. The topological polar surface area (TPSA) is 54.2 Å². The van der Waals surface area contributed by atoms with Crippen molar-refractivity contribution in [1.82, 2.24) is 9.88 Å². The lowest BCUT2D eigenvalue weighted by Crippen LogP contribution is -2.25. The van der Waals surface area contributed by atoms with E-state index in [2.05, 4.69) is 36.2 Å². The highest BCUT2D eigenvalue weighted by molar-refractivity contribution is 7.80. The Morgan fingerprint density at radius 2 is 2.29 bits per heavy atom. The molecule has 0 fully saturated rings. The van der Waals surface area contributed by atoms with Gasteiger partial charge in [-0.15, -0.1) is 0 Å². The second-order valence-corrected chi connectivity index (χ2v) is 4.84. The van der Waals surface area contributed by atoms with Gasteiger partial charge in [0.15, 0.2) is 0 Å². The molecule has 0 aliphatic heterocycles. The van der Waals surface area contributed by atoms with E-state index in [1.807, 2.05) is 12.1 Å². The first-order valence-electron chi connectivity index (χ1n) is 5.66. The summed E-state index contributed by atoms with van der Waals surface area (Å²) in [5.41, 5.74) is 6.46. The lowest BCUT2D eigenvalue weighted by atomic mass is 10.2. The van der Waals surface area contributed by atoms with Gasteiger partial charge in [-0.25, -0.2) is 4.98 Å². The molecule has 4 nitrogen and oxygen atoms in total. The SMILES string of the molecule is CC(CCN(C)C)Nc1ncccc1C(N)=S. The van der Waals surface area contributed by atoms with Crippen molar-refractivity contribution in [3.05, 3.63) is 23.9 Å². The fourth-order valence-corrected chi connectivity index (χ4v) is 1.64. The van der Waals surface area contributed by atoms with E-state index in [9.17, 15) is 0 Å². The number of hydrogen-bond acceptors (Lipinski definition) is 4. The molecule has 0 saturated heterocycles. The number of anilines is 1. The fraction of sp³-hybridized carbons (Fsp3) is 0.500. The van der Waals surface area contributed by atoms with Gasteiger partial charge in [-0.05, 0) is 46.1 Å². The highest BCUT2D eigenvalue weighted by Gasteiger charge is 2.09. The van der Waals surface area contributed by atoms with Gasteiger partial charge in [0, 0.05) is 12.2 Å². The standard InChI is InChI=1S/C12H20N4S/c1-9(6-8-16(2)3)15-12-10(11(13)17)5-4-7-14-12/h4-5,7,9H,6,8H2,1-3H3,(H2,13,17)(H,14,15). The molecule has 1 heterocycles. The lowest BCUT2D eigenvalue weighted by Gasteiger charge is -2.18. The van der Waals surface area contributed by atoms with E-state index >= 15 is 0 Å². The highest BCUT2D eigenvalue weighted by atomic mass is 32.1. The van der Waals surface area contributed by atoms with Crippen molar-refractivity contribution < 1.29 is 0 Å². The Hall–Kier alpha value is -1.20. The molecule has 0 bridgehead atoms. The van der Waals surface area contributed by atoms with Crippen LogP contribution >= 0.6 is 12.2 Å². The molecule has 94 valence electrons. The first-order chi connectivity index (χ1) is 8.00. The van der Waals surface area contributed by atoms with Crippen molar-refractivity contribution in [2.24, 2.45) is 5.73 Å². The number of aromatic nitrogens is 1. The maximum Gasteiger partial charge on any atom is 0.136 e. The Balaban J connectivity index is 2.64. The molecular formula is C12H20N4S. The molecule has 17 heavy (non-hydrogen) atoms. The predicted octanol–water partition coefficient (Wildman–Crippen LogP) is 1.47. The van der Waals surface area contributed by atoms with Crippen molar-refractivity contribution in [3.63, 3.8) is 0 Å². The van der Waals surface area contributed by atoms with Crippen molar-refractivity contribution in [2.45, 2.75) is 19.4 Å². The van der Waals surface area contributed by atoms with Gasteiger partial charge < -0.3 is 16.0 Å². The van der Waals surface area contributed by atoms with E-state index in [-0.39, 0.29) is 0 Å². The zero-order valence-electron chi connectivity index (χ0n) is 10.6. The Kier molecular flexibility index (Phi) is 5.31. The third-order valence-electron chi connectivity index (χ3n) is 2.47. The van der Waals surface area contributed by atoms with E-state index in [1.165, 1.54) is 0 Å². The largest absolute Gasteiger partial charge is 0.389 e. The van der Waals surface area contributed by atoms with Gasteiger partial charge in [0.25, 0.3) is 0 Å². The molecular weight excluding hydrogens is 232 g/mol. The predicted molar refractivity (Wildman–Crippen MR) is 76.4 cm³/mol. The number of nitrogens with one attached hydrogen (secondary N) is 1. The molecule has 1 aromatic heterocycles. The van der Waals surface area contributed by atoms with Crippen LogP contribution in [0.15, 0.2) is 18.3 Å². The van der Waals surface area contributed by atoms with Gasteiger partial charge in [-0.2, -0.15) is 0 Å². The summed E-state index contributed by atoms with van der Waals surface area (Å²) in [5.74, 6) is 0.770. The van der Waals surface area contributed by atoms with Crippen molar-refractivity contribution in [1.29, 1.82) is 0 Å². The molecule has 1 unspecified atom stereocenters. The third-order valence-corrected chi connectivity index (χ3v) is 2.69. The van der Waals surface area contributed by atoms with Gasteiger partial charge in [-0.1, -0.05) is 12.2 Å². The van der Waals surface area contributed by atoms with Crippen LogP contribution in [0, 0.1) is 0 Å². The van der Waals surface area contributed by atoms with Crippen molar-refractivity contribution in [3.8, 4) is 0 Å². The van der Waals surface area contributed by atoms with E-state index < -0.39 is 0 Å². The van der Waals surface area contributed by atoms with E-state index in [0.29, 0.717) is 11.0 Å². The molecule has 0 spiro atoms. The third kappa shape index (κ3) is 4.66. The van der Waals surface area contributed by atoms with Crippen LogP contribution in [0.2, 0.25) is 0 Å². The Labute approximate surface area is 108 Å². The van der Waals surface area contributed by atoms with Crippen molar-refractivity contribution in [2.75, 3.05) is 26.0 Å². The van der Waals surface area contributed by atoms with Crippen LogP contribution in [0.3, 0.4) is 0 Å². The summed E-state index contributed by atoms with van der Waals surface area (Å²) in [6.45, 7) is 3.16. The highest BCUT2D eigenvalue weighted by Crippen LogP contribution is 2.13. The summed E-state index contributed by atoms with van der Waals surface area (Å²) in [6.07, 6.45) is 2.78. The van der Waals surface area contributed by atoms with Gasteiger partial charge in [0.2, 0.25) is 0 Å². The molecule has 0 aliphatic carbocycles. The minimum absolute atomic E-state index is 0.334. The zero-order chi connectivity index (χ0) is 12.8. The maximum atomic E-state index is 5.66. The summed E-state index contributed by atoms with van der Waals surface area (Å²) in [6, 6.07) is 4.06. The monoisotopic (exact) mass is 252 g/mol. The quantitative estimate of drug-likeness (QED) is 0.751. The number of nitrogens with two attached hydrogens (primary N) is 1. The summed E-state index contributed by atoms with van der Waals surface area (Å²) < 4.78 is 0. The van der Waals surface area contributed by atoms with Gasteiger partial charge in [0.1, 0.15) is 10.8 Å². The number of hydrogen-bond donors (Lipinski definition) is 2. The smallest absolute Gasteiger partial charge is 0.136 e. The van der Waals surface area contributed by atoms with Crippen LogP contribution in [0.25, 0.3) is 0 Å². The average molecular weight is 252 g/mol. The lowest BCUT2D eigenvalue weighted by molar-refractivity contribution is 0.390. The average Bonchev–Trinajstić information content (AvgIpc) is 2.27. The molecule has 5 heteroatoms. The number of pyridine rings is 1. The Morgan fingerprint density at radius 1 is 1.59 bits per heavy atom. The zero-order valence-corrected chi connectivity index (χ0v) is 11.4. The first kappa shape index (κ1) is 13.9. The number of rotatable bonds is 6. The summed E-state index contributed by atoms with van der Waals surface area (Å²) in [5, 5.41) is 3.34. The molecule has 0 aliphatic rings. The van der Waals surface area contributed by atoms with Crippen molar-refractivity contribution >= 4 is 23.0 Å². The van der Waals surface area contributed by atoms with Crippen LogP contribution < -0.4 is 11.1 Å². The van der Waals surface area contributed by atoms with Gasteiger partial charge >= 0.3 is 0 Å². The van der Waals surface area contributed by atoms with Gasteiger partial charge in [0.05, 0.1) is 5.56 Å². The van der Waals surface area contributed by atoms with Crippen LogP contribution in [0.1, 0.15) is 18.9 Å². The van der Waals surface area contributed by atoms with Crippen LogP contribution in [0.4, 0.5) is 5.82 Å². The molecule has 0 aromatic carbocycles. The van der Waals surface area contributed by atoms with E-state index in [4.69, 9.17) is 18.0 Å². The van der Waals surface area contributed by atoms with Crippen LogP contribution in [-0.4, -0.2) is 41.6 Å². The first-order valence-corrected chi connectivity index (χ1v) is 6.07. The van der Waals surface area contributed by atoms with Gasteiger partial charge in [-0.3, -0.25) is 0 Å². The summed E-state index contributed by atoms with van der Waals surface area (Å²) in [7, 11) is 4.13. The molecule has 3 N–H and O–H groups in total. The normalized spacial score (nSPS) is 12.5. The molecule has 0 radical (unpaired) electrons. The second kappa shape index (κ2) is 6.51. The fourth-order valence-electron chi connectivity index (χ4n) is 1.48. The summed E-state index contributed by atoms with van der Waals surface area (Å²) in [4.78, 5) is 6.81. The minimum Gasteiger partial charge on any atom is -0.389 e. The second-order valence-electron chi connectivity index (χ2n) is 4.40. The molecule has 0 amide bonds. The Bertz CT molecular complexity index is 379. The Morgan fingerprint density at radius 3 is 2.88 bits per heavy atom. The van der Waals surface area contributed by atoms with Crippen LogP contribution in [-0.2, 0) is 0 Å². The minimum atomic E-state index is 0.334. The molecule has 1 rings (SSSR count). The van der Waals surface area contributed by atoms with E-state index in [1.54, 1.807) is 6.20 Å². The molecule has 1 aromatic rings. The van der Waals surface area contributed by atoms with Crippen LogP contribution in [0.5, 0.6) is 0 Å².